The Bertz CT molecular complexity index is 141. The molecule has 1 aliphatic rings. The highest BCUT2D eigenvalue weighted by Crippen LogP contribution is 2.30. The van der Waals surface area contributed by atoms with Gasteiger partial charge in [-0.15, -0.1) is 0 Å². The number of thioether (sulfide) groups is 1. The van der Waals surface area contributed by atoms with Gasteiger partial charge in [0.25, 0.3) is 0 Å². The monoisotopic (exact) mass is 215 g/mol. The van der Waals surface area contributed by atoms with E-state index in [4.69, 9.17) is 0 Å². The van der Waals surface area contributed by atoms with E-state index >= 15 is 0 Å². The van der Waals surface area contributed by atoms with E-state index in [0.717, 1.165) is 17.2 Å². The van der Waals surface area contributed by atoms with Gasteiger partial charge in [0.05, 0.1) is 0 Å². The third-order valence-corrected chi connectivity index (χ3v) is 4.60. The summed E-state index contributed by atoms with van der Waals surface area (Å²) in [7, 11) is 2.12. The molecule has 0 aromatic rings. The molecular weight excluding hydrogens is 190 g/mol. The fraction of sp³-hybridized carbons (Fsp3) is 1.00. The molecule has 0 amide bonds. The zero-order valence-corrected chi connectivity index (χ0v) is 10.7. The highest BCUT2D eigenvalue weighted by Gasteiger charge is 2.23. The van der Waals surface area contributed by atoms with E-state index in [1.54, 1.807) is 0 Å². The summed E-state index contributed by atoms with van der Waals surface area (Å²) in [6.45, 7) is 4.64. The summed E-state index contributed by atoms with van der Waals surface area (Å²) in [6.07, 6.45) is 7.00. The van der Waals surface area contributed by atoms with Crippen LogP contribution < -0.4 is 5.32 Å². The van der Waals surface area contributed by atoms with Gasteiger partial charge in [0, 0.05) is 11.3 Å². The van der Waals surface area contributed by atoms with Gasteiger partial charge in [0.2, 0.25) is 0 Å². The first-order valence-electron chi connectivity index (χ1n) is 6.03. The smallest absolute Gasteiger partial charge is 0.0201 e. The molecule has 1 rings (SSSR count). The van der Waals surface area contributed by atoms with E-state index in [-0.39, 0.29) is 0 Å². The molecular formula is C12H25NS. The molecule has 1 heterocycles. The summed E-state index contributed by atoms with van der Waals surface area (Å²) in [4.78, 5) is 0. The number of hydrogen-bond acceptors (Lipinski definition) is 2. The van der Waals surface area contributed by atoms with Crippen molar-refractivity contribution in [3.05, 3.63) is 0 Å². The zero-order chi connectivity index (χ0) is 10.4. The highest BCUT2D eigenvalue weighted by molar-refractivity contribution is 8.00. The van der Waals surface area contributed by atoms with E-state index in [2.05, 4.69) is 38.0 Å². The average Bonchev–Trinajstić information content (AvgIpc) is 2.64. The average molecular weight is 215 g/mol. The van der Waals surface area contributed by atoms with E-state index < -0.39 is 0 Å². The first kappa shape index (κ1) is 12.4. The third-order valence-electron chi connectivity index (χ3n) is 3.08. The van der Waals surface area contributed by atoms with Crippen molar-refractivity contribution in [2.75, 3.05) is 12.8 Å². The maximum absolute atomic E-state index is 3.50. The Kier molecular flexibility index (Phi) is 5.95. The van der Waals surface area contributed by atoms with E-state index in [1.807, 2.05) is 0 Å². The molecule has 2 heteroatoms. The van der Waals surface area contributed by atoms with Crippen LogP contribution in [0.3, 0.4) is 0 Å². The Labute approximate surface area is 93.4 Å². The molecule has 84 valence electrons. The predicted octanol–water partition coefficient (Wildman–Crippen LogP) is 3.30. The van der Waals surface area contributed by atoms with Crippen LogP contribution in [0.25, 0.3) is 0 Å². The standard InChI is InChI=1S/C12H25NS/c1-10(2)6-4-7-11(13-3)12-8-5-9-14-12/h10-13H,4-9H2,1-3H3. The Balaban J connectivity index is 2.17. The lowest BCUT2D eigenvalue weighted by Crippen LogP contribution is -2.34. The van der Waals surface area contributed by atoms with Gasteiger partial charge >= 0.3 is 0 Å². The van der Waals surface area contributed by atoms with Gasteiger partial charge in [-0.05, 0) is 38.0 Å². The molecule has 0 aliphatic carbocycles. The first-order chi connectivity index (χ1) is 6.74. The van der Waals surface area contributed by atoms with Crippen molar-refractivity contribution in [2.45, 2.75) is 57.2 Å². The van der Waals surface area contributed by atoms with Gasteiger partial charge in [0.15, 0.2) is 0 Å². The Morgan fingerprint density at radius 1 is 1.36 bits per heavy atom. The molecule has 0 aromatic heterocycles. The minimum Gasteiger partial charge on any atom is -0.316 e. The van der Waals surface area contributed by atoms with Crippen LogP contribution in [0.15, 0.2) is 0 Å². The first-order valence-corrected chi connectivity index (χ1v) is 7.07. The Hall–Kier alpha value is 0.310. The van der Waals surface area contributed by atoms with Crippen LogP contribution in [0.5, 0.6) is 0 Å². The van der Waals surface area contributed by atoms with Crippen LogP contribution >= 0.6 is 11.8 Å². The number of rotatable bonds is 6. The molecule has 14 heavy (non-hydrogen) atoms. The van der Waals surface area contributed by atoms with Crippen molar-refractivity contribution in [2.24, 2.45) is 5.92 Å². The molecule has 1 saturated heterocycles. The summed E-state index contributed by atoms with van der Waals surface area (Å²) in [6, 6.07) is 0.765. The van der Waals surface area contributed by atoms with Gasteiger partial charge in [-0.1, -0.05) is 26.7 Å². The van der Waals surface area contributed by atoms with Crippen LogP contribution in [0.1, 0.15) is 46.0 Å². The second-order valence-electron chi connectivity index (χ2n) is 4.77. The molecule has 0 radical (unpaired) electrons. The van der Waals surface area contributed by atoms with Crippen LogP contribution in [0.2, 0.25) is 0 Å². The van der Waals surface area contributed by atoms with Crippen molar-refractivity contribution in [1.29, 1.82) is 0 Å². The second kappa shape index (κ2) is 6.73. The van der Waals surface area contributed by atoms with Crippen LogP contribution in [-0.2, 0) is 0 Å². The molecule has 0 bridgehead atoms. The van der Waals surface area contributed by atoms with Crippen molar-refractivity contribution >= 4 is 11.8 Å². The second-order valence-corrected chi connectivity index (χ2v) is 6.12. The van der Waals surface area contributed by atoms with Gasteiger partial charge < -0.3 is 5.32 Å². The van der Waals surface area contributed by atoms with Gasteiger partial charge in [-0.25, -0.2) is 0 Å². The fourth-order valence-corrected chi connectivity index (χ4v) is 3.66. The van der Waals surface area contributed by atoms with Crippen LogP contribution in [-0.4, -0.2) is 24.1 Å². The molecule has 1 fully saturated rings. The molecule has 2 atom stereocenters. The van der Waals surface area contributed by atoms with Gasteiger partial charge in [-0.2, -0.15) is 11.8 Å². The predicted molar refractivity (Wildman–Crippen MR) is 67.0 cm³/mol. The Morgan fingerprint density at radius 3 is 2.64 bits per heavy atom. The molecule has 2 unspecified atom stereocenters. The minimum atomic E-state index is 0.765. The lowest BCUT2D eigenvalue weighted by atomic mass is 10.00. The largest absolute Gasteiger partial charge is 0.316 e. The van der Waals surface area contributed by atoms with Gasteiger partial charge in [-0.3, -0.25) is 0 Å². The van der Waals surface area contributed by atoms with Crippen molar-refractivity contribution < 1.29 is 0 Å². The number of nitrogens with one attached hydrogen (secondary N) is 1. The van der Waals surface area contributed by atoms with Crippen LogP contribution in [0.4, 0.5) is 0 Å². The summed E-state index contributed by atoms with van der Waals surface area (Å²) < 4.78 is 0. The lowest BCUT2D eigenvalue weighted by Gasteiger charge is -2.22. The minimum absolute atomic E-state index is 0.765. The fourth-order valence-electron chi connectivity index (χ4n) is 2.18. The van der Waals surface area contributed by atoms with E-state index in [9.17, 15) is 0 Å². The molecule has 0 saturated carbocycles. The van der Waals surface area contributed by atoms with Crippen molar-refractivity contribution in [3.63, 3.8) is 0 Å². The normalized spacial score (nSPS) is 24.4. The van der Waals surface area contributed by atoms with Crippen LogP contribution in [0, 0.1) is 5.92 Å². The molecule has 0 spiro atoms. The lowest BCUT2D eigenvalue weighted by molar-refractivity contribution is 0.444. The molecule has 1 N–H and O–H groups in total. The summed E-state index contributed by atoms with van der Waals surface area (Å²) >= 11 is 2.17. The summed E-state index contributed by atoms with van der Waals surface area (Å²) in [5.41, 5.74) is 0. The Morgan fingerprint density at radius 2 is 2.14 bits per heavy atom. The van der Waals surface area contributed by atoms with Gasteiger partial charge in [0.1, 0.15) is 0 Å². The third kappa shape index (κ3) is 4.22. The topological polar surface area (TPSA) is 12.0 Å². The molecule has 0 aromatic carbocycles. The SMILES string of the molecule is CNC(CCCC(C)C)C1CCCS1. The maximum Gasteiger partial charge on any atom is 0.0201 e. The number of hydrogen-bond donors (Lipinski definition) is 1. The summed E-state index contributed by atoms with van der Waals surface area (Å²) in [5, 5.41) is 4.39. The molecule has 1 aliphatic heterocycles. The zero-order valence-electron chi connectivity index (χ0n) is 9.88. The van der Waals surface area contributed by atoms with Crippen molar-refractivity contribution in [3.8, 4) is 0 Å². The maximum atomic E-state index is 3.50. The molecule has 1 nitrogen and oxygen atoms in total. The highest BCUT2D eigenvalue weighted by atomic mass is 32.2. The van der Waals surface area contributed by atoms with E-state index in [0.29, 0.717) is 0 Å². The quantitative estimate of drug-likeness (QED) is 0.729. The van der Waals surface area contributed by atoms with Crippen molar-refractivity contribution in [1.82, 2.24) is 5.32 Å². The summed E-state index contributed by atoms with van der Waals surface area (Å²) in [5.74, 6) is 2.25. The van der Waals surface area contributed by atoms with E-state index in [1.165, 1.54) is 37.9 Å².